The number of esters is 1. The number of amides is 1. The largest absolute Gasteiger partial charge is 0.452 e. The van der Waals surface area contributed by atoms with Crippen molar-refractivity contribution in [3.05, 3.63) is 77.4 Å². The zero-order valence-electron chi connectivity index (χ0n) is 16.5. The van der Waals surface area contributed by atoms with Gasteiger partial charge in [0.05, 0.1) is 23.5 Å². The molecule has 1 aromatic heterocycles. The van der Waals surface area contributed by atoms with Crippen molar-refractivity contribution in [1.82, 2.24) is 9.78 Å². The summed E-state index contributed by atoms with van der Waals surface area (Å²) in [5.74, 6) is -1.71. The summed E-state index contributed by atoms with van der Waals surface area (Å²) >= 11 is 0. The molecule has 2 aromatic carbocycles. The normalized spacial score (nSPS) is 11.7. The predicted octanol–water partition coefficient (Wildman–Crippen LogP) is 3.74. The van der Waals surface area contributed by atoms with Crippen LogP contribution >= 0.6 is 0 Å². The molecule has 0 spiro atoms. The fourth-order valence-electron chi connectivity index (χ4n) is 2.99. The van der Waals surface area contributed by atoms with Crippen LogP contribution in [0.5, 0.6) is 0 Å². The van der Waals surface area contributed by atoms with Crippen molar-refractivity contribution in [1.29, 1.82) is 0 Å². The number of carbonyl (C=O) groups excluding carboxylic acids is 2. The van der Waals surface area contributed by atoms with Crippen molar-refractivity contribution >= 4 is 17.6 Å². The van der Waals surface area contributed by atoms with Crippen molar-refractivity contribution < 1.29 is 18.7 Å². The quantitative estimate of drug-likeness (QED) is 0.646. The second-order valence-corrected chi connectivity index (χ2v) is 6.67. The zero-order chi connectivity index (χ0) is 21.0. The van der Waals surface area contributed by atoms with Crippen LogP contribution in [-0.2, 0) is 20.7 Å². The molecule has 6 nitrogen and oxygen atoms in total. The molecule has 3 aromatic rings. The van der Waals surface area contributed by atoms with Gasteiger partial charge in [0.1, 0.15) is 5.82 Å². The van der Waals surface area contributed by atoms with Gasteiger partial charge in [-0.3, -0.25) is 9.59 Å². The lowest BCUT2D eigenvalue weighted by molar-refractivity contribution is -0.152. The monoisotopic (exact) mass is 395 g/mol. The molecule has 3 rings (SSSR count). The molecule has 1 amide bonds. The second kappa shape index (κ2) is 8.68. The van der Waals surface area contributed by atoms with Crippen molar-refractivity contribution in [2.45, 2.75) is 33.3 Å². The van der Waals surface area contributed by atoms with E-state index >= 15 is 0 Å². The average Bonchev–Trinajstić information content (AvgIpc) is 2.98. The van der Waals surface area contributed by atoms with E-state index in [1.165, 1.54) is 25.1 Å². The number of halogens is 1. The van der Waals surface area contributed by atoms with Gasteiger partial charge in [-0.25, -0.2) is 9.07 Å². The van der Waals surface area contributed by atoms with E-state index < -0.39 is 23.8 Å². The molecule has 0 bridgehead atoms. The summed E-state index contributed by atoms with van der Waals surface area (Å²) in [7, 11) is 0. The topological polar surface area (TPSA) is 73.2 Å². The maximum atomic E-state index is 13.7. The number of aryl methyl sites for hydroxylation is 1. The fourth-order valence-corrected chi connectivity index (χ4v) is 2.99. The van der Waals surface area contributed by atoms with Crippen molar-refractivity contribution in [2.24, 2.45) is 0 Å². The maximum Gasteiger partial charge on any atom is 0.311 e. The van der Waals surface area contributed by atoms with E-state index in [2.05, 4.69) is 10.4 Å². The Morgan fingerprint density at radius 2 is 1.76 bits per heavy atom. The van der Waals surface area contributed by atoms with Crippen molar-refractivity contribution in [3.8, 4) is 5.69 Å². The predicted molar refractivity (Wildman–Crippen MR) is 107 cm³/mol. The molecular weight excluding hydrogens is 373 g/mol. The second-order valence-electron chi connectivity index (χ2n) is 6.67. The first-order chi connectivity index (χ1) is 13.9. The van der Waals surface area contributed by atoms with Crippen LogP contribution in [0.15, 0.2) is 54.6 Å². The van der Waals surface area contributed by atoms with Crippen LogP contribution < -0.4 is 5.32 Å². The first-order valence-corrected chi connectivity index (χ1v) is 9.22. The molecule has 0 radical (unpaired) electrons. The lowest BCUT2D eigenvalue weighted by Crippen LogP contribution is -2.30. The Hall–Kier alpha value is -3.48. The van der Waals surface area contributed by atoms with Crippen LogP contribution in [0.3, 0.4) is 0 Å². The van der Waals surface area contributed by atoms with E-state index in [9.17, 15) is 14.0 Å². The Bertz CT molecular complexity index is 1030. The molecule has 0 aliphatic carbocycles. The minimum Gasteiger partial charge on any atom is -0.452 e. The van der Waals surface area contributed by atoms with Crippen LogP contribution in [0, 0.1) is 19.7 Å². The summed E-state index contributed by atoms with van der Waals surface area (Å²) in [6.07, 6.45) is -1.08. The number of carbonyl (C=O) groups is 2. The third-order valence-electron chi connectivity index (χ3n) is 4.57. The van der Waals surface area contributed by atoms with Gasteiger partial charge in [-0.1, -0.05) is 30.3 Å². The Morgan fingerprint density at radius 1 is 1.10 bits per heavy atom. The van der Waals surface area contributed by atoms with Gasteiger partial charge in [-0.15, -0.1) is 0 Å². The van der Waals surface area contributed by atoms with Gasteiger partial charge in [0.25, 0.3) is 5.91 Å². The average molecular weight is 395 g/mol. The van der Waals surface area contributed by atoms with Crippen LogP contribution in [0.25, 0.3) is 5.69 Å². The molecule has 0 aliphatic rings. The molecule has 7 heteroatoms. The Kier molecular flexibility index (Phi) is 6.07. The minimum absolute atomic E-state index is 0.0121. The van der Waals surface area contributed by atoms with Gasteiger partial charge in [-0.05, 0) is 45.0 Å². The Labute approximate surface area is 168 Å². The van der Waals surface area contributed by atoms with Gasteiger partial charge < -0.3 is 10.1 Å². The van der Waals surface area contributed by atoms with Gasteiger partial charge in [0, 0.05) is 11.3 Å². The van der Waals surface area contributed by atoms with Crippen LogP contribution in [-0.4, -0.2) is 27.8 Å². The number of benzene rings is 2. The number of hydrogen-bond donors (Lipinski definition) is 1. The minimum atomic E-state index is -1.06. The number of para-hydroxylation sites is 2. The van der Waals surface area contributed by atoms with E-state index in [0.29, 0.717) is 5.69 Å². The van der Waals surface area contributed by atoms with Gasteiger partial charge in [0.2, 0.25) is 0 Å². The molecule has 1 atom stereocenters. The van der Waals surface area contributed by atoms with Crippen molar-refractivity contribution in [3.63, 3.8) is 0 Å². The van der Waals surface area contributed by atoms with E-state index in [0.717, 1.165) is 16.9 Å². The van der Waals surface area contributed by atoms with Gasteiger partial charge in [-0.2, -0.15) is 5.10 Å². The van der Waals surface area contributed by atoms with Crippen LogP contribution in [0.4, 0.5) is 10.1 Å². The molecule has 0 saturated heterocycles. The lowest BCUT2D eigenvalue weighted by Gasteiger charge is -2.14. The Balaban J connectivity index is 1.65. The number of rotatable bonds is 6. The summed E-state index contributed by atoms with van der Waals surface area (Å²) < 4.78 is 20.7. The molecule has 1 heterocycles. The number of ether oxygens (including phenoxy) is 1. The molecule has 0 saturated carbocycles. The standard InChI is InChI=1S/C22H22FN3O3/c1-14-18(15(2)26(25-14)17-9-5-4-6-10-17)13-21(27)29-16(3)22(28)24-20-12-8-7-11-19(20)23/h4-12,16H,13H2,1-3H3,(H,24,28)/t16-/m0/s1. The summed E-state index contributed by atoms with van der Waals surface area (Å²) in [6.45, 7) is 5.15. The molecule has 150 valence electrons. The third-order valence-corrected chi connectivity index (χ3v) is 4.57. The summed E-state index contributed by atoms with van der Waals surface area (Å²) in [5.41, 5.74) is 3.23. The summed E-state index contributed by atoms with van der Waals surface area (Å²) in [6, 6.07) is 15.4. The summed E-state index contributed by atoms with van der Waals surface area (Å²) in [5, 5.41) is 6.92. The lowest BCUT2D eigenvalue weighted by atomic mass is 10.1. The van der Waals surface area contributed by atoms with Crippen LogP contribution in [0.2, 0.25) is 0 Å². The first-order valence-electron chi connectivity index (χ1n) is 9.22. The number of hydrogen-bond acceptors (Lipinski definition) is 4. The Morgan fingerprint density at radius 3 is 2.45 bits per heavy atom. The highest BCUT2D eigenvalue weighted by atomic mass is 19.1. The number of anilines is 1. The van der Waals surface area contributed by atoms with Crippen LogP contribution in [0.1, 0.15) is 23.9 Å². The molecule has 0 unspecified atom stereocenters. The number of nitrogens with one attached hydrogen (secondary N) is 1. The first kappa shape index (κ1) is 20.3. The fraction of sp³-hybridized carbons (Fsp3) is 0.227. The highest BCUT2D eigenvalue weighted by Crippen LogP contribution is 2.19. The van der Waals surface area contributed by atoms with Crippen molar-refractivity contribution in [2.75, 3.05) is 5.32 Å². The van der Waals surface area contributed by atoms with E-state index in [4.69, 9.17) is 4.74 Å². The highest BCUT2D eigenvalue weighted by Gasteiger charge is 2.22. The number of aromatic nitrogens is 2. The zero-order valence-corrected chi connectivity index (χ0v) is 16.5. The molecule has 0 aliphatic heterocycles. The molecular formula is C22H22FN3O3. The van der Waals surface area contributed by atoms with E-state index in [-0.39, 0.29) is 12.1 Å². The van der Waals surface area contributed by atoms with Gasteiger partial charge in [0.15, 0.2) is 6.10 Å². The third kappa shape index (κ3) is 4.68. The van der Waals surface area contributed by atoms with E-state index in [1.807, 2.05) is 44.2 Å². The SMILES string of the molecule is Cc1nn(-c2ccccc2)c(C)c1CC(=O)O[C@@H](C)C(=O)Nc1ccccc1F. The molecule has 29 heavy (non-hydrogen) atoms. The molecule has 1 N–H and O–H groups in total. The van der Waals surface area contributed by atoms with Gasteiger partial charge >= 0.3 is 5.97 Å². The molecule has 0 fully saturated rings. The smallest absolute Gasteiger partial charge is 0.311 e. The highest BCUT2D eigenvalue weighted by molar-refractivity contribution is 5.95. The number of nitrogens with zero attached hydrogens (tertiary/aromatic N) is 2. The van der Waals surface area contributed by atoms with E-state index in [1.54, 1.807) is 10.7 Å². The maximum absolute atomic E-state index is 13.7. The summed E-state index contributed by atoms with van der Waals surface area (Å²) in [4.78, 5) is 24.6.